The lowest BCUT2D eigenvalue weighted by atomic mass is 10.0. The van der Waals surface area contributed by atoms with Crippen LogP contribution in [0, 0.1) is 0 Å². The Labute approximate surface area is 142 Å². The predicted octanol–water partition coefficient (Wildman–Crippen LogP) is 0.436. The van der Waals surface area contributed by atoms with Crippen LogP contribution in [0.5, 0.6) is 0 Å². The molecule has 2 aliphatic heterocycles. The fourth-order valence-corrected chi connectivity index (χ4v) is 3.37. The molecule has 128 valence electrons. The highest BCUT2D eigenvalue weighted by Gasteiger charge is 2.46. The van der Waals surface area contributed by atoms with Gasteiger partial charge in [-0.1, -0.05) is 18.2 Å². The number of carbonyl (C=O) groups is 4. The van der Waals surface area contributed by atoms with Gasteiger partial charge >= 0.3 is 6.03 Å². The van der Waals surface area contributed by atoms with Crippen LogP contribution in [0.2, 0.25) is 0 Å². The molecule has 0 bridgehead atoms. The lowest BCUT2D eigenvalue weighted by Crippen LogP contribution is -2.54. The predicted molar refractivity (Wildman–Crippen MR) is 87.3 cm³/mol. The third kappa shape index (κ3) is 2.65. The summed E-state index contributed by atoms with van der Waals surface area (Å²) in [6.07, 6.45) is 0.576. The number of rotatable bonds is 3. The lowest BCUT2D eigenvalue weighted by Gasteiger charge is -2.27. The standard InChI is InChI=1S/C17H16N4O4/c22-14-6-5-13(15(23)20-14)21-16(24)12(19-17(21)25)8-10-7-9-3-1-2-4-11(9)18-10/h1-4,7,12-13,18H,5-6,8H2,(H,19,25)(H,20,22,23)/t12-,13+/m0/s1. The van der Waals surface area contributed by atoms with Crippen molar-refractivity contribution < 1.29 is 19.2 Å². The monoisotopic (exact) mass is 340 g/mol. The highest BCUT2D eigenvalue weighted by Crippen LogP contribution is 2.21. The van der Waals surface area contributed by atoms with E-state index < -0.39 is 29.9 Å². The largest absolute Gasteiger partial charge is 0.358 e. The van der Waals surface area contributed by atoms with Crippen molar-refractivity contribution in [2.24, 2.45) is 0 Å². The van der Waals surface area contributed by atoms with E-state index in [-0.39, 0.29) is 18.7 Å². The molecule has 0 radical (unpaired) electrons. The first-order valence-corrected chi connectivity index (χ1v) is 8.07. The smallest absolute Gasteiger partial charge is 0.325 e. The number of H-pyrrole nitrogens is 1. The van der Waals surface area contributed by atoms with Crippen molar-refractivity contribution in [2.75, 3.05) is 0 Å². The molecule has 8 heteroatoms. The Hall–Kier alpha value is -3.16. The van der Waals surface area contributed by atoms with E-state index in [4.69, 9.17) is 0 Å². The van der Waals surface area contributed by atoms with Crippen LogP contribution >= 0.6 is 0 Å². The molecule has 0 saturated carbocycles. The first kappa shape index (κ1) is 15.4. The van der Waals surface area contributed by atoms with Gasteiger partial charge in [0.05, 0.1) is 0 Å². The van der Waals surface area contributed by atoms with Gasteiger partial charge in [0.2, 0.25) is 11.8 Å². The van der Waals surface area contributed by atoms with Gasteiger partial charge in [0.1, 0.15) is 12.1 Å². The quantitative estimate of drug-likeness (QED) is 0.556. The number of amides is 5. The average molecular weight is 340 g/mol. The Balaban J connectivity index is 1.52. The summed E-state index contributed by atoms with van der Waals surface area (Å²) in [5, 5.41) is 5.82. The van der Waals surface area contributed by atoms with E-state index >= 15 is 0 Å². The van der Waals surface area contributed by atoms with Gasteiger partial charge in [-0.25, -0.2) is 9.69 Å². The molecule has 2 saturated heterocycles. The number of imide groups is 2. The maximum Gasteiger partial charge on any atom is 0.325 e. The molecule has 25 heavy (non-hydrogen) atoms. The molecule has 1 aromatic heterocycles. The highest BCUT2D eigenvalue weighted by molar-refractivity contribution is 6.10. The van der Waals surface area contributed by atoms with E-state index in [0.717, 1.165) is 21.5 Å². The van der Waals surface area contributed by atoms with Crippen molar-refractivity contribution >= 4 is 34.7 Å². The number of para-hydroxylation sites is 1. The molecular formula is C17H16N4O4. The van der Waals surface area contributed by atoms with Crippen LogP contribution in [0.25, 0.3) is 10.9 Å². The van der Waals surface area contributed by atoms with Crippen LogP contribution in [0.1, 0.15) is 18.5 Å². The van der Waals surface area contributed by atoms with Crippen molar-refractivity contribution in [3.05, 3.63) is 36.0 Å². The lowest BCUT2D eigenvalue weighted by molar-refractivity contribution is -0.142. The number of urea groups is 1. The summed E-state index contributed by atoms with van der Waals surface area (Å²) < 4.78 is 0. The second-order valence-corrected chi connectivity index (χ2v) is 6.26. The Kier molecular flexibility index (Phi) is 3.52. The van der Waals surface area contributed by atoms with E-state index in [1.54, 1.807) is 0 Å². The van der Waals surface area contributed by atoms with Gasteiger partial charge in [0, 0.05) is 24.1 Å². The zero-order chi connectivity index (χ0) is 17.6. The van der Waals surface area contributed by atoms with E-state index in [1.165, 1.54) is 0 Å². The fourth-order valence-electron chi connectivity index (χ4n) is 3.37. The number of aromatic amines is 1. The summed E-state index contributed by atoms with van der Waals surface area (Å²) >= 11 is 0. The number of aromatic nitrogens is 1. The van der Waals surface area contributed by atoms with Gasteiger partial charge in [0.25, 0.3) is 5.91 Å². The molecular weight excluding hydrogens is 324 g/mol. The van der Waals surface area contributed by atoms with Crippen LogP contribution in [-0.4, -0.2) is 45.7 Å². The second-order valence-electron chi connectivity index (χ2n) is 6.26. The number of fused-ring (bicyclic) bond motifs is 1. The summed E-state index contributed by atoms with van der Waals surface area (Å²) in [6, 6.07) is 7.40. The number of benzene rings is 1. The van der Waals surface area contributed by atoms with E-state index in [2.05, 4.69) is 15.6 Å². The normalized spacial score (nSPS) is 23.9. The van der Waals surface area contributed by atoms with Crippen molar-refractivity contribution in [3.8, 4) is 0 Å². The van der Waals surface area contributed by atoms with Crippen LogP contribution in [0.4, 0.5) is 4.79 Å². The molecule has 3 heterocycles. The fraction of sp³-hybridized carbons (Fsp3) is 0.294. The molecule has 8 nitrogen and oxygen atoms in total. The molecule has 2 aliphatic rings. The Morgan fingerprint density at radius 2 is 1.92 bits per heavy atom. The van der Waals surface area contributed by atoms with Gasteiger partial charge in [-0.05, 0) is 23.9 Å². The minimum absolute atomic E-state index is 0.111. The summed E-state index contributed by atoms with van der Waals surface area (Å²) in [7, 11) is 0. The van der Waals surface area contributed by atoms with Gasteiger partial charge in [0.15, 0.2) is 0 Å². The van der Waals surface area contributed by atoms with Crippen molar-refractivity contribution in [2.45, 2.75) is 31.3 Å². The highest BCUT2D eigenvalue weighted by atomic mass is 16.2. The number of nitrogens with zero attached hydrogens (tertiary/aromatic N) is 1. The van der Waals surface area contributed by atoms with Gasteiger partial charge in [-0.15, -0.1) is 0 Å². The molecule has 2 fully saturated rings. The number of carbonyl (C=O) groups excluding carboxylic acids is 4. The van der Waals surface area contributed by atoms with Gasteiger partial charge < -0.3 is 10.3 Å². The molecule has 1 aromatic carbocycles. The SMILES string of the molecule is O=C1CC[C@@H](N2C(=O)N[C@@H](Cc3cc4ccccc4[nH]3)C2=O)C(=O)N1. The van der Waals surface area contributed by atoms with Crippen LogP contribution in [0.3, 0.4) is 0 Å². The zero-order valence-corrected chi connectivity index (χ0v) is 13.2. The summed E-state index contributed by atoms with van der Waals surface area (Å²) in [4.78, 5) is 52.2. The number of hydrogen-bond acceptors (Lipinski definition) is 4. The molecule has 4 rings (SSSR count). The average Bonchev–Trinajstić information content (AvgIpc) is 3.09. The first-order chi connectivity index (χ1) is 12.0. The Bertz CT molecular complexity index is 870. The summed E-state index contributed by atoms with van der Waals surface area (Å²) in [5.41, 5.74) is 1.78. The minimum atomic E-state index is -0.932. The van der Waals surface area contributed by atoms with Crippen LogP contribution < -0.4 is 10.6 Å². The van der Waals surface area contributed by atoms with Crippen LogP contribution in [-0.2, 0) is 20.8 Å². The Morgan fingerprint density at radius 3 is 2.68 bits per heavy atom. The van der Waals surface area contributed by atoms with Crippen LogP contribution in [0.15, 0.2) is 30.3 Å². The third-order valence-corrected chi connectivity index (χ3v) is 4.58. The number of nitrogens with one attached hydrogen (secondary N) is 3. The molecule has 0 spiro atoms. The zero-order valence-electron chi connectivity index (χ0n) is 13.2. The molecule has 3 N–H and O–H groups in total. The Morgan fingerprint density at radius 1 is 1.12 bits per heavy atom. The van der Waals surface area contributed by atoms with Crippen molar-refractivity contribution in [3.63, 3.8) is 0 Å². The minimum Gasteiger partial charge on any atom is -0.358 e. The van der Waals surface area contributed by atoms with Gasteiger partial charge in [-0.3, -0.25) is 19.7 Å². The topological polar surface area (TPSA) is 111 Å². The summed E-state index contributed by atoms with van der Waals surface area (Å²) in [6.45, 7) is 0. The van der Waals surface area contributed by atoms with E-state index in [0.29, 0.717) is 6.42 Å². The molecule has 0 aliphatic carbocycles. The maximum absolute atomic E-state index is 12.6. The van der Waals surface area contributed by atoms with Crippen molar-refractivity contribution in [1.29, 1.82) is 0 Å². The first-order valence-electron chi connectivity index (χ1n) is 8.07. The number of hydrogen-bond donors (Lipinski definition) is 3. The molecule has 0 unspecified atom stereocenters. The molecule has 2 atom stereocenters. The molecule has 5 amide bonds. The van der Waals surface area contributed by atoms with Crippen molar-refractivity contribution in [1.82, 2.24) is 20.5 Å². The third-order valence-electron chi connectivity index (χ3n) is 4.58. The second kappa shape index (κ2) is 5.73. The van der Waals surface area contributed by atoms with E-state index in [1.807, 2.05) is 30.3 Å². The molecule has 2 aromatic rings. The van der Waals surface area contributed by atoms with E-state index in [9.17, 15) is 19.2 Å². The maximum atomic E-state index is 12.6. The van der Waals surface area contributed by atoms with Gasteiger partial charge in [-0.2, -0.15) is 0 Å². The number of piperidine rings is 1. The summed E-state index contributed by atoms with van der Waals surface area (Å²) in [5.74, 6) is -1.44.